The first kappa shape index (κ1) is 13.9. The number of nitrogens with one attached hydrogen (secondary N) is 1. The fourth-order valence-corrected chi connectivity index (χ4v) is 2.23. The summed E-state index contributed by atoms with van der Waals surface area (Å²) < 4.78 is 10.1. The van der Waals surface area contributed by atoms with Crippen LogP contribution in [0.15, 0.2) is 10.6 Å². The first-order valence-corrected chi connectivity index (χ1v) is 6.76. The molecule has 0 unspecified atom stereocenters. The van der Waals surface area contributed by atoms with E-state index < -0.39 is 0 Å². The third kappa shape index (κ3) is 3.96. The van der Waals surface area contributed by atoms with Crippen molar-refractivity contribution in [1.82, 2.24) is 15.4 Å². The SMILES string of the molecule is CCOC(=O)N1CCC(NCc2cc(C)no2)CC1. The van der Waals surface area contributed by atoms with E-state index in [1.807, 2.05) is 19.9 Å². The van der Waals surface area contributed by atoms with Crippen molar-refractivity contribution in [2.45, 2.75) is 39.3 Å². The Labute approximate surface area is 113 Å². The first-order chi connectivity index (χ1) is 9.19. The van der Waals surface area contributed by atoms with Crippen LogP contribution in [-0.2, 0) is 11.3 Å². The van der Waals surface area contributed by atoms with Crippen molar-refractivity contribution in [3.63, 3.8) is 0 Å². The summed E-state index contributed by atoms with van der Waals surface area (Å²) >= 11 is 0. The molecule has 1 N–H and O–H groups in total. The lowest BCUT2D eigenvalue weighted by molar-refractivity contribution is 0.0948. The van der Waals surface area contributed by atoms with Gasteiger partial charge in [0.1, 0.15) is 0 Å². The van der Waals surface area contributed by atoms with Crippen molar-refractivity contribution in [3.05, 3.63) is 17.5 Å². The number of hydrogen-bond donors (Lipinski definition) is 1. The summed E-state index contributed by atoms with van der Waals surface area (Å²) in [6.07, 6.45) is 1.67. The third-order valence-corrected chi connectivity index (χ3v) is 3.26. The Morgan fingerprint density at radius 3 is 2.89 bits per heavy atom. The van der Waals surface area contributed by atoms with Gasteiger partial charge in [-0.3, -0.25) is 0 Å². The number of aromatic nitrogens is 1. The fraction of sp³-hybridized carbons (Fsp3) is 0.692. The van der Waals surface area contributed by atoms with Gasteiger partial charge in [-0.2, -0.15) is 0 Å². The highest BCUT2D eigenvalue weighted by Crippen LogP contribution is 2.12. The normalized spacial score (nSPS) is 16.6. The molecule has 0 aromatic carbocycles. The highest BCUT2D eigenvalue weighted by atomic mass is 16.6. The highest BCUT2D eigenvalue weighted by Gasteiger charge is 2.23. The molecule has 19 heavy (non-hydrogen) atoms. The average molecular weight is 267 g/mol. The third-order valence-electron chi connectivity index (χ3n) is 3.26. The van der Waals surface area contributed by atoms with Crippen LogP contribution in [0.25, 0.3) is 0 Å². The van der Waals surface area contributed by atoms with Crippen LogP contribution in [0, 0.1) is 6.92 Å². The Morgan fingerprint density at radius 1 is 1.58 bits per heavy atom. The predicted octanol–water partition coefficient (Wildman–Crippen LogP) is 1.69. The lowest BCUT2D eigenvalue weighted by atomic mass is 10.1. The molecule has 106 valence electrons. The lowest BCUT2D eigenvalue weighted by Gasteiger charge is -2.31. The molecular formula is C13H21N3O3. The van der Waals surface area contributed by atoms with Crippen LogP contribution in [0.5, 0.6) is 0 Å². The van der Waals surface area contributed by atoms with Crippen molar-refractivity contribution < 1.29 is 14.1 Å². The van der Waals surface area contributed by atoms with Gasteiger partial charge in [0.05, 0.1) is 18.8 Å². The molecule has 6 heteroatoms. The summed E-state index contributed by atoms with van der Waals surface area (Å²) in [5.41, 5.74) is 0.897. The summed E-state index contributed by atoms with van der Waals surface area (Å²) in [7, 11) is 0. The monoisotopic (exact) mass is 267 g/mol. The lowest BCUT2D eigenvalue weighted by Crippen LogP contribution is -2.44. The number of rotatable bonds is 4. The van der Waals surface area contributed by atoms with Gasteiger partial charge in [-0.05, 0) is 26.7 Å². The molecule has 0 aliphatic carbocycles. The number of hydrogen-bond acceptors (Lipinski definition) is 5. The second kappa shape index (κ2) is 6.56. The second-order valence-corrected chi connectivity index (χ2v) is 4.78. The zero-order valence-corrected chi connectivity index (χ0v) is 11.5. The Hall–Kier alpha value is -1.56. The minimum Gasteiger partial charge on any atom is -0.450 e. The number of piperidine rings is 1. The standard InChI is InChI=1S/C13H21N3O3/c1-3-18-13(17)16-6-4-11(5-7-16)14-9-12-8-10(2)15-19-12/h8,11,14H,3-7,9H2,1-2H3. The van der Waals surface area contributed by atoms with E-state index in [1.165, 1.54) is 0 Å². The van der Waals surface area contributed by atoms with E-state index in [-0.39, 0.29) is 6.09 Å². The Balaban J connectivity index is 1.70. The van der Waals surface area contributed by atoms with Crippen molar-refractivity contribution in [2.75, 3.05) is 19.7 Å². The molecule has 2 rings (SSSR count). The Bertz CT molecular complexity index is 411. The quantitative estimate of drug-likeness (QED) is 0.899. The molecular weight excluding hydrogens is 246 g/mol. The van der Waals surface area contributed by atoms with Gasteiger partial charge in [0.25, 0.3) is 0 Å². The molecule has 1 aliphatic rings. The molecule has 1 aromatic heterocycles. The molecule has 0 spiro atoms. The molecule has 0 bridgehead atoms. The largest absolute Gasteiger partial charge is 0.450 e. The number of aryl methyl sites for hydroxylation is 1. The summed E-state index contributed by atoms with van der Waals surface area (Å²) in [6, 6.07) is 2.34. The minimum atomic E-state index is -0.202. The highest BCUT2D eigenvalue weighted by molar-refractivity contribution is 5.67. The van der Waals surface area contributed by atoms with Gasteiger partial charge < -0.3 is 19.5 Å². The van der Waals surface area contributed by atoms with E-state index in [9.17, 15) is 4.79 Å². The molecule has 0 atom stereocenters. The molecule has 1 fully saturated rings. The summed E-state index contributed by atoms with van der Waals surface area (Å²) in [5, 5.41) is 7.28. The Morgan fingerprint density at radius 2 is 2.32 bits per heavy atom. The Kier molecular flexibility index (Phi) is 4.79. The van der Waals surface area contributed by atoms with Gasteiger partial charge in [-0.25, -0.2) is 4.79 Å². The van der Waals surface area contributed by atoms with Crippen LogP contribution in [0.1, 0.15) is 31.2 Å². The van der Waals surface area contributed by atoms with Gasteiger partial charge in [0.2, 0.25) is 0 Å². The zero-order chi connectivity index (χ0) is 13.7. The molecule has 1 aromatic rings. The zero-order valence-electron chi connectivity index (χ0n) is 11.5. The molecule has 0 saturated carbocycles. The first-order valence-electron chi connectivity index (χ1n) is 6.76. The fourth-order valence-electron chi connectivity index (χ4n) is 2.23. The number of ether oxygens (including phenoxy) is 1. The van der Waals surface area contributed by atoms with Crippen molar-refractivity contribution >= 4 is 6.09 Å². The summed E-state index contributed by atoms with van der Waals surface area (Å²) in [4.78, 5) is 13.3. The average Bonchev–Trinajstić information content (AvgIpc) is 2.83. The van der Waals surface area contributed by atoms with Gasteiger partial charge in [0, 0.05) is 25.2 Å². The topological polar surface area (TPSA) is 67.6 Å². The number of carbonyl (C=O) groups excluding carboxylic acids is 1. The smallest absolute Gasteiger partial charge is 0.409 e. The van der Waals surface area contributed by atoms with Gasteiger partial charge in [-0.1, -0.05) is 5.16 Å². The summed E-state index contributed by atoms with van der Waals surface area (Å²) in [6.45, 7) is 6.33. The van der Waals surface area contributed by atoms with Gasteiger partial charge in [-0.15, -0.1) is 0 Å². The van der Waals surface area contributed by atoms with E-state index in [0.29, 0.717) is 19.2 Å². The van der Waals surface area contributed by atoms with Crippen LogP contribution in [0.3, 0.4) is 0 Å². The van der Waals surface area contributed by atoms with Crippen molar-refractivity contribution in [2.24, 2.45) is 0 Å². The molecule has 1 aliphatic heterocycles. The second-order valence-electron chi connectivity index (χ2n) is 4.78. The number of carbonyl (C=O) groups is 1. The van der Waals surface area contributed by atoms with E-state index >= 15 is 0 Å². The minimum absolute atomic E-state index is 0.202. The number of likely N-dealkylation sites (tertiary alicyclic amines) is 1. The van der Waals surface area contributed by atoms with Crippen molar-refractivity contribution in [3.8, 4) is 0 Å². The van der Waals surface area contributed by atoms with E-state index in [4.69, 9.17) is 9.26 Å². The van der Waals surface area contributed by atoms with Crippen LogP contribution in [-0.4, -0.2) is 41.9 Å². The maximum Gasteiger partial charge on any atom is 0.409 e. The van der Waals surface area contributed by atoms with Crippen molar-refractivity contribution in [1.29, 1.82) is 0 Å². The number of amides is 1. The molecule has 1 amide bonds. The van der Waals surface area contributed by atoms with E-state index in [1.54, 1.807) is 4.90 Å². The van der Waals surface area contributed by atoms with Crippen LogP contribution >= 0.6 is 0 Å². The maximum absolute atomic E-state index is 11.5. The number of nitrogens with zero attached hydrogens (tertiary/aromatic N) is 2. The van der Waals surface area contributed by atoms with Crippen LogP contribution in [0.4, 0.5) is 4.79 Å². The van der Waals surface area contributed by atoms with E-state index in [2.05, 4.69) is 10.5 Å². The molecule has 6 nitrogen and oxygen atoms in total. The molecule has 0 radical (unpaired) electrons. The summed E-state index contributed by atoms with van der Waals surface area (Å²) in [5.74, 6) is 0.852. The molecule has 2 heterocycles. The van der Waals surface area contributed by atoms with Gasteiger partial charge in [0.15, 0.2) is 5.76 Å². The van der Waals surface area contributed by atoms with Gasteiger partial charge >= 0.3 is 6.09 Å². The van der Waals surface area contributed by atoms with E-state index in [0.717, 1.165) is 37.4 Å². The van der Waals surface area contributed by atoms with Crippen LogP contribution in [0.2, 0.25) is 0 Å². The van der Waals surface area contributed by atoms with Crippen LogP contribution < -0.4 is 5.32 Å². The molecule has 1 saturated heterocycles. The maximum atomic E-state index is 11.5. The predicted molar refractivity (Wildman–Crippen MR) is 69.7 cm³/mol.